The fourth-order valence-corrected chi connectivity index (χ4v) is 2.90. The van der Waals surface area contributed by atoms with Gasteiger partial charge >= 0.3 is 11.8 Å². The topological polar surface area (TPSA) is 66.1 Å². The zero-order valence-corrected chi connectivity index (χ0v) is 14.7. The highest BCUT2D eigenvalue weighted by molar-refractivity contribution is 7.18. The molecule has 0 saturated heterocycles. The van der Waals surface area contributed by atoms with Crippen LogP contribution in [0.4, 0.5) is 4.79 Å². The number of hydrogen-bond donors (Lipinski definition) is 0. The highest BCUT2D eigenvalue weighted by Crippen LogP contribution is 2.29. The van der Waals surface area contributed by atoms with Crippen LogP contribution >= 0.6 is 22.9 Å². The molecule has 0 bridgehead atoms. The Morgan fingerprint density at radius 2 is 2.05 bits per heavy atom. The number of carbonyl (C=O) groups excluding carboxylic acids is 1. The molecule has 0 amide bonds. The highest BCUT2D eigenvalue weighted by Gasteiger charge is 2.24. The Labute approximate surface area is 137 Å². The van der Waals surface area contributed by atoms with E-state index in [1.165, 1.54) is 22.1 Å². The van der Waals surface area contributed by atoms with Crippen LogP contribution in [0.3, 0.4) is 0 Å². The summed E-state index contributed by atoms with van der Waals surface area (Å²) in [4.78, 5) is 29.4. The summed E-state index contributed by atoms with van der Waals surface area (Å²) in [6.45, 7) is 8.98. The lowest BCUT2D eigenvalue weighted by atomic mass is 10.2. The first kappa shape index (κ1) is 16.8. The molecule has 0 aliphatic rings. The molecule has 120 valence electrons. The van der Waals surface area contributed by atoms with Gasteiger partial charge in [0.15, 0.2) is 4.47 Å². The lowest BCUT2D eigenvalue weighted by molar-refractivity contribution is 0.0530. The first-order chi connectivity index (χ1) is 10.1. The Bertz CT molecular complexity index is 752. The van der Waals surface area contributed by atoms with E-state index in [1.807, 2.05) is 13.8 Å². The summed E-state index contributed by atoms with van der Waals surface area (Å²) >= 11 is 7.11. The molecule has 22 heavy (non-hydrogen) atoms. The molecule has 0 N–H and O–H groups in total. The predicted molar refractivity (Wildman–Crippen MR) is 86.8 cm³/mol. The van der Waals surface area contributed by atoms with E-state index < -0.39 is 17.4 Å². The fourth-order valence-electron chi connectivity index (χ4n) is 1.95. The first-order valence-corrected chi connectivity index (χ1v) is 7.98. The molecule has 8 heteroatoms. The molecule has 0 radical (unpaired) electrons. The molecule has 0 aliphatic carbocycles. The van der Waals surface area contributed by atoms with E-state index in [9.17, 15) is 9.59 Å². The molecular formula is C14H18ClN3O3S. The van der Waals surface area contributed by atoms with Crippen molar-refractivity contribution in [1.29, 1.82) is 0 Å². The summed E-state index contributed by atoms with van der Waals surface area (Å²) in [5.74, 6) is 0. The molecular weight excluding hydrogens is 326 g/mol. The van der Waals surface area contributed by atoms with Gasteiger partial charge in [0, 0.05) is 18.4 Å². The molecule has 0 aliphatic heterocycles. The molecule has 0 fully saturated rings. The van der Waals surface area contributed by atoms with Crippen LogP contribution in [0, 0.1) is 0 Å². The van der Waals surface area contributed by atoms with Gasteiger partial charge in [0.25, 0.3) is 0 Å². The van der Waals surface area contributed by atoms with E-state index in [0.29, 0.717) is 10.2 Å². The van der Waals surface area contributed by atoms with Crippen molar-refractivity contribution >= 4 is 29.0 Å². The number of hydrogen-bond acceptors (Lipinski definition) is 5. The number of thiazole rings is 1. The van der Waals surface area contributed by atoms with Crippen LogP contribution in [0.25, 0.3) is 10.6 Å². The van der Waals surface area contributed by atoms with Gasteiger partial charge in [-0.15, -0.1) is 11.3 Å². The van der Waals surface area contributed by atoms with E-state index in [1.54, 1.807) is 27.0 Å². The average Bonchev–Trinajstić information content (AvgIpc) is 2.90. The molecule has 0 spiro atoms. The van der Waals surface area contributed by atoms with Crippen molar-refractivity contribution in [3.8, 4) is 10.6 Å². The van der Waals surface area contributed by atoms with Gasteiger partial charge in [-0.1, -0.05) is 11.6 Å². The third-order valence-corrected chi connectivity index (χ3v) is 3.90. The van der Waals surface area contributed by atoms with Crippen molar-refractivity contribution < 1.29 is 9.53 Å². The van der Waals surface area contributed by atoms with Gasteiger partial charge in [0.2, 0.25) is 0 Å². The van der Waals surface area contributed by atoms with Crippen molar-refractivity contribution in [2.75, 3.05) is 0 Å². The normalized spacial score (nSPS) is 12.0. The lowest BCUT2D eigenvalue weighted by Gasteiger charge is -2.18. The number of nitrogens with zero attached hydrogens (tertiary/aromatic N) is 3. The minimum atomic E-state index is -0.700. The Morgan fingerprint density at radius 1 is 1.41 bits per heavy atom. The van der Waals surface area contributed by atoms with Crippen molar-refractivity contribution in [3.05, 3.63) is 27.3 Å². The first-order valence-electron chi connectivity index (χ1n) is 6.79. The van der Waals surface area contributed by atoms with E-state index in [2.05, 4.69) is 4.98 Å². The number of halogens is 1. The summed E-state index contributed by atoms with van der Waals surface area (Å²) in [5.41, 5.74) is -0.524. The summed E-state index contributed by atoms with van der Waals surface area (Å²) in [6.07, 6.45) is 2.36. The minimum Gasteiger partial charge on any atom is -0.443 e. The molecule has 2 rings (SSSR count). The van der Waals surface area contributed by atoms with Crippen molar-refractivity contribution in [2.24, 2.45) is 0 Å². The summed E-state index contributed by atoms with van der Waals surface area (Å²) < 4.78 is 8.15. The quantitative estimate of drug-likeness (QED) is 0.832. The van der Waals surface area contributed by atoms with Crippen LogP contribution in [0.2, 0.25) is 4.47 Å². The van der Waals surface area contributed by atoms with E-state index in [0.717, 1.165) is 9.44 Å². The maximum Gasteiger partial charge on any atom is 0.422 e. The lowest BCUT2D eigenvalue weighted by Crippen LogP contribution is -2.34. The van der Waals surface area contributed by atoms with E-state index >= 15 is 0 Å². The SMILES string of the molecule is CC(C)n1c(-c2cnc(Cl)s2)cn(C(=O)OC(C)(C)C)c1=O. The van der Waals surface area contributed by atoms with E-state index in [-0.39, 0.29) is 6.04 Å². The van der Waals surface area contributed by atoms with Crippen molar-refractivity contribution in [3.63, 3.8) is 0 Å². The summed E-state index contributed by atoms with van der Waals surface area (Å²) in [6, 6.07) is -0.118. The average molecular weight is 344 g/mol. The molecule has 2 aromatic rings. The Kier molecular flexibility index (Phi) is 4.49. The van der Waals surface area contributed by atoms with Gasteiger partial charge in [0.05, 0.1) is 10.6 Å². The molecule has 0 saturated carbocycles. The number of carbonyl (C=O) groups is 1. The third-order valence-electron chi connectivity index (χ3n) is 2.76. The minimum absolute atomic E-state index is 0.118. The number of imidazole rings is 1. The maximum absolute atomic E-state index is 12.5. The second-order valence-corrected chi connectivity index (χ2v) is 7.70. The van der Waals surface area contributed by atoms with Crippen molar-refractivity contribution in [2.45, 2.75) is 46.3 Å². The monoisotopic (exact) mass is 343 g/mol. The number of rotatable bonds is 2. The second-order valence-electron chi connectivity index (χ2n) is 6.09. The molecule has 2 aromatic heterocycles. The second kappa shape index (κ2) is 5.89. The summed E-state index contributed by atoms with van der Waals surface area (Å²) in [7, 11) is 0. The third kappa shape index (κ3) is 3.41. The van der Waals surface area contributed by atoms with Crippen LogP contribution in [0.1, 0.15) is 40.7 Å². The van der Waals surface area contributed by atoms with Crippen molar-refractivity contribution in [1.82, 2.24) is 14.1 Å². The Balaban J connectivity index is 2.55. The van der Waals surface area contributed by atoms with Crippen LogP contribution < -0.4 is 5.69 Å². The predicted octanol–water partition coefficient (Wildman–Crippen LogP) is 3.79. The Hall–Kier alpha value is -1.60. The van der Waals surface area contributed by atoms with Crippen LogP contribution in [-0.2, 0) is 4.74 Å². The fraction of sp³-hybridized carbons (Fsp3) is 0.500. The van der Waals surface area contributed by atoms with Crippen LogP contribution in [0.5, 0.6) is 0 Å². The highest BCUT2D eigenvalue weighted by atomic mass is 35.5. The van der Waals surface area contributed by atoms with Crippen LogP contribution in [0.15, 0.2) is 17.2 Å². The van der Waals surface area contributed by atoms with Gasteiger partial charge in [-0.3, -0.25) is 4.57 Å². The molecule has 0 aromatic carbocycles. The maximum atomic E-state index is 12.5. The molecule has 6 nitrogen and oxygen atoms in total. The Morgan fingerprint density at radius 3 is 2.50 bits per heavy atom. The molecule has 0 unspecified atom stereocenters. The van der Waals surface area contributed by atoms with Gasteiger partial charge < -0.3 is 4.74 Å². The standard InChI is InChI=1S/C14H18ClN3O3S/c1-8(2)18-9(10-6-16-11(15)22-10)7-17(12(18)19)13(20)21-14(3,4)5/h6-8H,1-5H3. The largest absolute Gasteiger partial charge is 0.443 e. The zero-order valence-electron chi connectivity index (χ0n) is 13.1. The van der Waals surface area contributed by atoms with E-state index in [4.69, 9.17) is 16.3 Å². The zero-order chi connectivity index (χ0) is 16.7. The van der Waals surface area contributed by atoms with Gasteiger partial charge in [-0.25, -0.2) is 19.1 Å². The van der Waals surface area contributed by atoms with Gasteiger partial charge in [-0.2, -0.15) is 0 Å². The smallest absolute Gasteiger partial charge is 0.422 e. The molecule has 2 heterocycles. The summed E-state index contributed by atoms with van der Waals surface area (Å²) in [5, 5.41) is 0. The van der Waals surface area contributed by atoms with Gasteiger partial charge in [0.1, 0.15) is 5.60 Å². The number of aromatic nitrogens is 3. The van der Waals surface area contributed by atoms with Gasteiger partial charge in [-0.05, 0) is 34.6 Å². The molecule has 0 atom stereocenters. The number of ether oxygens (including phenoxy) is 1. The van der Waals surface area contributed by atoms with Crippen LogP contribution in [-0.4, -0.2) is 25.8 Å².